The molecule has 1 heterocycles. The fraction of sp³-hybridized carbons (Fsp3) is 0.188. The first kappa shape index (κ1) is 17.8. The van der Waals surface area contributed by atoms with Gasteiger partial charge in [0.1, 0.15) is 16.2 Å². The molecule has 2 aromatic carbocycles. The second-order valence-corrected chi connectivity index (χ2v) is 6.98. The zero-order chi connectivity index (χ0) is 18.6. The van der Waals surface area contributed by atoms with Crippen molar-refractivity contribution in [2.45, 2.75) is 4.90 Å². The molecule has 26 heavy (non-hydrogen) atoms. The van der Waals surface area contributed by atoms with Gasteiger partial charge in [0.2, 0.25) is 10.0 Å². The van der Waals surface area contributed by atoms with Crippen molar-refractivity contribution < 1.29 is 22.6 Å². The molecular formula is C16H16N4O5S. The molecule has 0 spiro atoms. The Balaban J connectivity index is 1.61. The Bertz CT molecular complexity index is 1030. The molecule has 1 aromatic heterocycles. The molecule has 136 valence electrons. The standard InChI is InChI=1S/C16H16N4O5S/c1-24-13-7-3-2-5-11(13)16(21)17-9-10-18-26(22,23)14-8-4-6-12-15(14)20-25-19-12/h2-8,18H,9-10H2,1H3,(H,17,21). The molecule has 10 heteroatoms. The molecule has 0 bridgehead atoms. The van der Waals surface area contributed by atoms with Crippen LogP contribution in [-0.4, -0.2) is 44.8 Å². The molecule has 0 saturated heterocycles. The molecule has 1 amide bonds. The third-order valence-corrected chi connectivity index (χ3v) is 5.09. The van der Waals surface area contributed by atoms with E-state index < -0.39 is 10.0 Å². The van der Waals surface area contributed by atoms with Gasteiger partial charge in [0.05, 0.1) is 12.7 Å². The number of amides is 1. The highest BCUT2D eigenvalue weighted by Crippen LogP contribution is 2.19. The number of methoxy groups -OCH3 is 1. The zero-order valence-corrected chi connectivity index (χ0v) is 14.6. The summed E-state index contributed by atoms with van der Waals surface area (Å²) in [4.78, 5) is 12.1. The first-order chi connectivity index (χ1) is 12.5. The van der Waals surface area contributed by atoms with Gasteiger partial charge in [-0.1, -0.05) is 18.2 Å². The summed E-state index contributed by atoms with van der Waals surface area (Å²) in [6.45, 7) is 0.105. The predicted octanol–water partition coefficient (Wildman–Crippen LogP) is 0.940. The Hall–Kier alpha value is -2.98. The van der Waals surface area contributed by atoms with Crippen LogP contribution in [-0.2, 0) is 10.0 Å². The number of carbonyl (C=O) groups is 1. The maximum atomic E-state index is 12.4. The first-order valence-electron chi connectivity index (χ1n) is 7.65. The fourth-order valence-corrected chi connectivity index (χ4v) is 3.55. The molecule has 0 atom stereocenters. The molecule has 0 aliphatic carbocycles. The van der Waals surface area contributed by atoms with Crippen LogP contribution >= 0.6 is 0 Å². The molecule has 0 aliphatic heterocycles. The lowest BCUT2D eigenvalue weighted by molar-refractivity contribution is 0.0951. The number of para-hydroxylation sites is 1. The number of carbonyl (C=O) groups excluding carboxylic acids is 1. The molecule has 3 aromatic rings. The summed E-state index contributed by atoms with van der Waals surface area (Å²) in [5, 5.41) is 9.86. The molecule has 3 rings (SSSR count). The highest BCUT2D eigenvalue weighted by molar-refractivity contribution is 7.89. The molecule has 0 radical (unpaired) electrons. The molecule has 0 aliphatic rings. The minimum atomic E-state index is -3.82. The van der Waals surface area contributed by atoms with Crippen molar-refractivity contribution in [2.24, 2.45) is 0 Å². The van der Waals surface area contributed by atoms with Gasteiger partial charge in [0.15, 0.2) is 5.52 Å². The highest BCUT2D eigenvalue weighted by atomic mass is 32.2. The fourth-order valence-electron chi connectivity index (χ4n) is 2.36. The number of benzene rings is 2. The van der Waals surface area contributed by atoms with Gasteiger partial charge in [-0.2, -0.15) is 0 Å². The van der Waals surface area contributed by atoms with Gasteiger partial charge >= 0.3 is 0 Å². The van der Waals surface area contributed by atoms with Crippen LogP contribution < -0.4 is 14.8 Å². The number of sulfonamides is 1. The van der Waals surface area contributed by atoms with Crippen molar-refractivity contribution in [3.8, 4) is 5.75 Å². The van der Waals surface area contributed by atoms with E-state index in [4.69, 9.17) is 4.74 Å². The highest BCUT2D eigenvalue weighted by Gasteiger charge is 2.20. The smallest absolute Gasteiger partial charge is 0.255 e. The van der Waals surface area contributed by atoms with Crippen molar-refractivity contribution in [3.05, 3.63) is 48.0 Å². The topological polar surface area (TPSA) is 123 Å². The van der Waals surface area contributed by atoms with Gasteiger partial charge in [-0.3, -0.25) is 4.79 Å². The van der Waals surface area contributed by atoms with Crippen LogP contribution in [0.4, 0.5) is 0 Å². The van der Waals surface area contributed by atoms with Crippen LogP contribution in [0.2, 0.25) is 0 Å². The Morgan fingerprint density at radius 1 is 1.12 bits per heavy atom. The second-order valence-electron chi connectivity index (χ2n) is 5.24. The minimum absolute atomic E-state index is 0.00485. The zero-order valence-electron chi connectivity index (χ0n) is 13.8. The summed E-state index contributed by atoms with van der Waals surface area (Å²) in [5.41, 5.74) is 0.867. The van der Waals surface area contributed by atoms with Crippen LogP contribution in [0.3, 0.4) is 0 Å². The quantitative estimate of drug-likeness (QED) is 0.588. The van der Waals surface area contributed by atoms with E-state index in [0.717, 1.165) is 0 Å². The molecule has 0 unspecified atom stereocenters. The maximum Gasteiger partial charge on any atom is 0.255 e. The van der Waals surface area contributed by atoms with Gasteiger partial charge in [0, 0.05) is 13.1 Å². The summed E-state index contributed by atoms with van der Waals surface area (Å²) >= 11 is 0. The average Bonchev–Trinajstić information content (AvgIpc) is 3.13. The SMILES string of the molecule is COc1ccccc1C(=O)NCCNS(=O)(=O)c1cccc2nonc12. The first-order valence-corrected chi connectivity index (χ1v) is 9.13. The van der Waals surface area contributed by atoms with Crippen molar-refractivity contribution >= 4 is 27.0 Å². The van der Waals surface area contributed by atoms with E-state index in [1.54, 1.807) is 36.4 Å². The van der Waals surface area contributed by atoms with E-state index >= 15 is 0 Å². The van der Waals surface area contributed by atoms with E-state index in [0.29, 0.717) is 16.8 Å². The number of fused-ring (bicyclic) bond motifs is 1. The van der Waals surface area contributed by atoms with E-state index in [9.17, 15) is 13.2 Å². The molecule has 9 nitrogen and oxygen atoms in total. The number of nitrogens with zero attached hydrogens (tertiary/aromatic N) is 2. The van der Waals surface area contributed by atoms with Crippen LogP contribution in [0, 0.1) is 0 Å². The Labute approximate surface area is 149 Å². The average molecular weight is 376 g/mol. The van der Waals surface area contributed by atoms with Crippen LogP contribution in [0.15, 0.2) is 52.0 Å². The van der Waals surface area contributed by atoms with Gasteiger partial charge in [0.25, 0.3) is 5.91 Å². The summed E-state index contributed by atoms with van der Waals surface area (Å²) < 4.78 is 36.9. The van der Waals surface area contributed by atoms with E-state index in [1.807, 2.05) is 0 Å². The summed E-state index contributed by atoms with van der Waals surface area (Å²) in [6.07, 6.45) is 0. The third kappa shape index (κ3) is 3.65. The Morgan fingerprint density at radius 3 is 2.73 bits per heavy atom. The van der Waals surface area contributed by atoms with Gasteiger partial charge in [-0.05, 0) is 34.6 Å². The Kier molecular flexibility index (Phi) is 5.14. The van der Waals surface area contributed by atoms with Gasteiger partial charge in [-0.25, -0.2) is 17.8 Å². The summed E-state index contributed by atoms with van der Waals surface area (Å²) in [6, 6.07) is 11.3. The lowest BCUT2D eigenvalue weighted by atomic mass is 10.2. The molecule has 0 fully saturated rings. The molecule has 0 saturated carbocycles. The minimum Gasteiger partial charge on any atom is -0.496 e. The van der Waals surface area contributed by atoms with Crippen LogP contribution in [0.5, 0.6) is 5.75 Å². The van der Waals surface area contributed by atoms with Crippen molar-refractivity contribution in [3.63, 3.8) is 0 Å². The van der Waals surface area contributed by atoms with Crippen molar-refractivity contribution in [1.82, 2.24) is 20.4 Å². The van der Waals surface area contributed by atoms with E-state index in [2.05, 4.69) is 25.0 Å². The maximum absolute atomic E-state index is 12.4. The summed E-state index contributed by atoms with van der Waals surface area (Å²) in [7, 11) is -2.35. The number of hydrogen-bond acceptors (Lipinski definition) is 7. The van der Waals surface area contributed by atoms with E-state index in [1.165, 1.54) is 13.2 Å². The number of ether oxygens (including phenoxy) is 1. The van der Waals surface area contributed by atoms with Crippen molar-refractivity contribution in [2.75, 3.05) is 20.2 Å². The van der Waals surface area contributed by atoms with Crippen LogP contribution in [0.25, 0.3) is 11.0 Å². The Morgan fingerprint density at radius 2 is 1.92 bits per heavy atom. The normalized spacial score (nSPS) is 11.4. The molecule has 2 N–H and O–H groups in total. The lowest BCUT2D eigenvalue weighted by Crippen LogP contribution is -2.34. The monoisotopic (exact) mass is 376 g/mol. The van der Waals surface area contributed by atoms with Gasteiger partial charge in [-0.15, -0.1) is 0 Å². The number of nitrogens with one attached hydrogen (secondary N) is 2. The van der Waals surface area contributed by atoms with Crippen molar-refractivity contribution in [1.29, 1.82) is 0 Å². The number of rotatable bonds is 7. The van der Waals surface area contributed by atoms with Gasteiger partial charge < -0.3 is 10.1 Å². The number of aromatic nitrogens is 2. The third-order valence-electron chi connectivity index (χ3n) is 3.59. The van der Waals surface area contributed by atoms with E-state index in [-0.39, 0.29) is 29.4 Å². The predicted molar refractivity (Wildman–Crippen MR) is 92.3 cm³/mol. The lowest BCUT2D eigenvalue weighted by Gasteiger charge is -2.10. The number of hydrogen-bond donors (Lipinski definition) is 2. The van der Waals surface area contributed by atoms with Crippen LogP contribution in [0.1, 0.15) is 10.4 Å². The largest absolute Gasteiger partial charge is 0.496 e. The second kappa shape index (κ2) is 7.50. The summed E-state index contributed by atoms with van der Waals surface area (Å²) in [5.74, 6) is 0.0836. The molecular weight excluding hydrogens is 360 g/mol.